The second-order valence-corrected chi connectivity index (χ2v) is 7.36. The number of aromatic carboxylic acids is 1. The van der Waals surface area contributed by atoms with E-state index in [0.29, 0.717) is 10.0 Å². The van der Waals surface area contributed by atoms with E-state index >= 15 is 0 Å². The number of sulfonamides is 1. The smallest absolute Gasteiger partial charge is 0.336 e. The lowest BCUT2D eigenvalue weighted by atomic mass is 10.1. The lowest BCUT2D eigenvalue weighted by Crippen LogP contribution is -2.49. The molecular formula is C12H13BrN2O5S. The Labute approximate surface area is 130 Å². The number of carbonyl (C=O) groups is 2. The minimum absolute atomic E-state index is 0.0931. The Morgan fingerprint density at radius 2 is 2.10 bits per heavy atom. The standard InChI is InChI=1S/C12H13BrN2O5S/c1-7-9(12(17)18)4-8(5-10(7)13)21(19,20)15-3-2-14-11(16)6-15/h4-5H,2-3,6H2,1H3,(H,14,16)(H,17,18). The molecule has 21 heavy (non-hydrogen) atoms. The molecule has 1 aromatic rings. The topological polar surface area (TPSA) is 104 Å². The maximum absolute atomic E-state index is 12.5. The highest BCUT2D eigenvalue weighted by Gasteiger charge is 2.30. The summed E-state index contributed by atoms with van der Waals surface area (Å²) in [6, 6.07) is 2.47. The predicted molar refractivity (Wildman–Crippen MR) is 77.6 cm³/mol. The van der Waals surface area contributed by atoms with Crippen molar-refractivity contribution < 1.29 is 23.1 Å². The van der Waals surface area contributed by atoms with Crippen molar-refractivity contribution >= 4 is 37.8 Å². The summed E-state index contributed by atoms with van der Waals surface area (Å²) in [5.74, 6) is -1.59. The lowest BCUT2D eigenvalue weighted by molar-refractivity contribution is -0.122. The first-order valence-electron chi connectivity index (χ1n) is 6.04. The third-order valence-electron chi connectivity index (χ3n) is 3.19. The van der Waals surface area contributed by atoms with Gasteiger partial charge in [0.15, 0.2) is 0 Å². The molecule has 1 aromatic carbocycles. The first-order chi connectivity index (χ1) is 9.73. The first-order valence-corrected chi connectivity index (χ1v) is 8.27. The highest BCUT2D eigenvalue weighted by molar-refractivity contribution is 9.10. The number of hydrogen-bond donors (Lipinski definition) is 2. The monoisotopic (exact) mass is 376 g/mol. The average Bonchev–Trinajstić information content (AvgIpc) is 2.41. The molecule has 0 aliphatic carbocycles. The van der Waals surface area contributed by atoms with Crippen LogP contribution in [0.25, 0.3) is 0 Å². The number of carbonyl (C=O) groups excluding carboxylic acids is 1. The molecule has 1 saturated heterocycles. The van der Waals surface area contributed by atoms with Crippen LogP contribution in [0, 0.1) is 6.92 Å². The van der Waals surface area contributed by atoms with E-state index in [1.807, 2.05) is 0 Å². The van der Waals surface area contributed by atoms with E-state index in [1.54, 1.807) is 6.92 Å². The number of nitrogens with one attached hydrogen (secondary N) is 1. The normalized spacial score (nSPS) is 16.6. The molecule has 9 heteroatoms. The fourth-order valence-corrected chi connectivity index (χ4v) is 4.06. The molecule has 0 radical (unpaired) electrons. The van der Waals surface area contributed by atoms with Gasteiger partial charge in [0.05, 0.1) is 17.0 Å². The molecule has 2 rings (SSSR count). The van der Waals surface area contributed by atoms with Gasteiger partial charge in [0.25, 0.3) is 0 Å². The number of carboxylic acids is 1. The molecule has 114 valence electrons. The number of benzene rings is 1. The summed E-state index contributed by atoms with van der Waals surface area (Å²) in [5.41, 5.74) is 0.349. The molecule has 2 N–H and O–H groups in total. The number of hydrogen-bond acceptors (Lipinski definition) is 4. The number of amides is 1. The van der Waals surface area contributed by atoms with E-state index in [9.17, 15) is 18.0 Å². The Bertz CT molecular complexity index is 717. The zero-order valence-corrected chi connectivity index (χ0v) is 13.5. The Morgan fingerprint density at radius 3 is 2.67 bits per heavy atom. The van der Waals surface area contributed by atoms with Crippen LogP contribution >= 0.6 is 15.9 Å². The summed E-state index contributed by atoms with van der Waals surface area (Å²) >= 11 is 3.17. The van der Waals surface area contributed by atoms with Crippen LogP contribution in [0.1, 0.15) is 15.9 Å². The van der Waals surface area contributed by atoms with E-state index < -0.39 is 16.0 Å². The third-order valence-corrected chi connectivity index (χ3v) is 5.84. The van der Waals surface area contributed by atoms with Gasteiger partial charge in [0.1, 0.15) is 0 Å². The number of rotatable bonds is 3. The van der Waals surface area contributed by atoms with Crippen LogP contribution < -0.4 is 5.32 Å². The molecule has 0 spiro atoms. The van der Waals surface area contributed by atoms with Crippen molar-refractivity contribution in [2.24, 2.45) is 0 Å². The fraction of sp³-hybridized carbons (Fsp3) is 0.333. The molecule has 0 atom stereocenters. The largest absolute Gasteiger partial charge is 0.478 e. The van der Waals surface area contributed by atoms with E-state index in [4.69, 9.17) is 5.11 Å². The average molecular weight is 377 g/mol. The van der Waals surface area contributed by atoms with Crippen LogP contribution in [-0.4, -0.2) is 49.3 Å². The highest BCUT2D eigenvalue weighted by Crippen LogP contribution is 2.27. The SMILES string of the molecule is Cc1c(Br)cc(S(=O)(=O)N2CCNC(=O)C2)cc1C(=O)O. The zero-order valence-electron chi connectivity index (χ0n) is 11.1. The van der Waals surface area contributed by atoms with Crippen molar-refractivity contribution in [1.29, 1.82) is 0 Å². The van der Waals surface area contributed by atoms with Crippen molar-refractivity contribution in [2.75, 3.05) is 19.6 Å². The molecule has 0 unspecified atom stereocenters. The van der Waals surface area contributed by atoms with Crippen LogP contribution in [0.15, 0.2) is 21.5 Å². The molecule has 0 saturated carbocycles. The minimum atomic E-state index is -3.91. The summed E-state index contributed by atoms with van der Waals surface area (Å²) in [7, 11) is -3.91. The van der Waals surface area contributed by atoms with Gasteiger partial charge in [0.2, 0.25) is 15.9 Å². The second kappa shape index (κ2) is 5.74. The second-order valence-electron chi connectivity index (χ2n) is 4.57. The van der Waals surface area contributed by atoms with Crippen molar-refractivity contribution in [2.45, 2.75) is 11.8 Å². The molecule has 1 aliphatic heterocycles. The van der Waals surface area contributed by atoms with Gasteiger partial charge in [-0.25, -0.2) is 13.2 Å². The van der Waals surface area contributed by atoms with Gasteiger partial charge in [-0.2, -0.15) is 4.31 Å². The predicted octanol–water partition coefficient (Wildman–Crippen LogP) is 0.576. The van der Waals surface area contributed by atoms with Gasteiger partial charge < -0.3 is 10.4 Å². The summed E-state index contributed by atoms with van der Waals surface area (Å²) in [5, 5.41) is 11.7. The minimum Gasteiger partial charge on any atom is -0.478 e. The molecule has 1 heterocycles. The fourth-order valence-electron chi connectivity index (χ4n) is 1.99. The summed E-state index contributed by atoms with van der Waals surface area (Å²) < 4.78 is 26.4. The first kappa shape index (κ1) is 15.9. The molecule has 1 fully saturated rings. The summed E-state index contributed by atoms with van der Waals surface area (Å²) in [4.78, 5) is 22.4. The molecule has 0 bridgehead atoms. The van der Waals surface area contributed by atoms with Gasteiger partial charge in [0, 0.05) is 17.6 Å². The van der Waals surface area contributed by atoms with Crippen LogP contribution in [0.5, 0.6) is 0 Å². The van der Waals surface area contributed by atoms with Gasteiger partial charge in [-0.05, 0) is 24.6 Å². The Morgan fingerprint density at radius 1 is 1.43 bits per heavy atom. The third kappa shape index (κ3) is 3.09. The van der Waals surface area contributed by atoms with Crippen molar-refractivity contribution in [3.05, 3.63) is 27.7 Å². The number of nitrogens with zero attached hydrogens (tertiary/aromatic N) is 1. The molecular weight excluding hydrogens is 364 g/mol. The zero-order chi connectivity index (χ0) is 15.8. The van der Waals surface area contributed by atoms with Gasteiger partial charge in [-0.1, -0.05) is 15.9 Å². The number of carboxylic acid groups (broad SMARTS) is 1. The number of halogens is 1. The van der Waals surface area contributed by atoms with Crippen LogP contribution in [0.3, 0.4) is 0 Å². The summed E-state index contributed by atoms with van der Waals surface area (Å²) in [6.45, 7) is 1.70. The molecule has 1 aliphatic rings. The van der Waals surface area contributed by atoms with Gasteiger partial charge in [-0.15, -0.1) is 0 Å². The maximum Gasteiger partial charge on any atom is 0.336 e. The van der Waals surface area contributed by atoms with E-state index in [0.717, 1.165) is 10.4 Å². The Kier molecular flexibility index (Phi) is 4.35. The van der Waals surface area contributed by atoms with E-state index in [1.165, 1.54) is 6.07 Å². The lowest BCUT2D eigenvalue weighted by Gasteiger charge is -2.26. The molecule has 1 amide bonds. The maximum atomic E-state index is 12.5. The summed E-state index contributed by atoms with van der Waals surface area (Å²) in [6.07, 6.45) is 0. The Hall–Kier alpha value is -1.45. The van der Waals surface area contributed by atoms with Crippen LogP contribution in [0.4, 0.5) is 0 Å². The quantitative estimate of drug-likeness (QED) is 0.802. The Balaban J connectivity index is 2.50. The van der Waals surface area contributed by atoms with E-state index in [2.05, 4.69) is 21.2 Å². The van der Waals surface area contributed by atoms with Crippen LogP contribution in [-0.2, 0) is 14.8 Å². The van der Waals surface area contributed by atoms with Crippen molar-refractivity contribution in [1.82, 2.24) is 9.62 Å². The van der Waals surface area contributed by atoms with Crippen molar-refractivity contribution in [3.8, 4) is 0 Å². The molecule has 0 aromatic heterocycles. The highest BCUT2D eigenvalue weighted by atomic mass is 79.9. The van der Waals surface area contributed by atoms with Crippen molar-refractivity contribution in [3.63, 3.8) is 0 Å². The van der Waals surface area contributed by atoms with Crippen LogP contribution in [0.2, 0.25) is 0 Å². The molecule has 7 nitrogen and oxygen atoms in total. The van der Waals surface area contributed by atoms with Gasteiger partial charge >= 0.3 is 5.97 Å². The van der Waals surface area contributed by atoms with E-state index in [-0.39, 0.29) is 36.0 Å². The number of piperazine rings is 1. The van der Waals surface area contributed by atoms with Gasteiger partial charge in [-0.3, -0.25) is 4.79 Å².